The van der Waals surface area contributed by atoms with Crippen LogP contribution in [0.4, 0.5) is 5.82 Å². The van der Waals surface area contributed by atoms with Crippen molar-refractivity contribution < 1.29 is 4.79 Å². The zero-order valence-corrected chi connectivity index (χ0v) is 10.4. The molecule has 17 heavy (non-hydrogen) atoms. The minimum Gasteiger partial charge on any atom is -0.383 e. The summed E-state index contributed by atoms with van der Waals surface area (Å²) in [5.41, 5.74) is 6.06. The molecule has 1 amide bonds. The Morgan fingerprint density at radius 1 is 1.53 bits per heavy atom. The number of anilines is 1. The average Bonchev–Trinajstić information content (AvgIpc) is 2.68. The summed E-state index contributed by atoms with van der Waals surface area (Å²) in [6, 6.07) is 0.257. The van der Waals surface area contributed by atoms with Gasteiger partial charge in [-0.15, -0.1) is 0 Å². The maximum Gasteiger partial charge on any atom is 0.256 e. The number of nitrogens with one attached hydrogen (secondary N) is 2. The first-order chi connectivity index (χ1) is 8.08. The number of H-pyrrole nitrogens is 1. The summed E-state index contributed by atoms with van der Waals surface area (Å²) in [6.45, 7) is 4.46. The lowest BCUT2D eigenvalue weighted by Crippen LogP contribution is -2.42. The lowest BCUT2D eigenvalue weighted by atomic mass is 9.80. The molecule has 4 N–H and O–H groups in total. The number of nitrogens with two attached hydrogens (primary N) is 1. The van der Waals surface area contributed by atoms with Gasteiger partial charge in [-0.3, -0.25) is 9.89 Å². The number of aromatic nitrogens is 2. The predicted molar refractivity (Wildman–Crippen MR) is 66.4 cm³/mol. The minimum absolute atomic E-state index is 0.123. The lowest BCUT2D eigenvalue weighted by Gasteiger charge is -2.33. The maximum atomic E-state index is 12.0. The van der Waals surface area contributed by atoms with Gasteiger partial charge >= 0.3 is 0 Å². The topological polar surface area (TPSA) is 83.8 Å². The van der Waals surface area contributed by atoms with Gasteiger partial charge in [0.1, 0.15) is 11.4 Å². The lowest BCUT2D eigenvalue weighted by molar-refractivity contribution is 0.0900. The Labute approximate surface area is 101 Å². The van der Waals surface area contributed by atoms with Crippen LogP contribution in [0.25, 0.3) is 0 Å². The van der Waals surface area contributed by atoms with Crippen LogP contribution in [-0.2, 0) is 0 Å². The quantitative estimate of drug-likeness (QED) is 0.728. The predicted octanol–water partition coefficient (Wildman–Crippen LogP) is 1.55. The summed E-state index contributed by atoms with van der Waals surface area (Å²) in [7, 11) is 0. The van der Waals surface area contributed by atoms with Crippen molar-refractivity contribution >= 4 is 11.7 Å². The summed E-state index contributed by atoms with van der Waals surface area (Å²) in [5, 5.41) is 9.38. The molecular weight excluding hydrogens is 216 g/mol. The first-order valence-electron chi connectivity index (χ1n) is 6.17. The van der Waals surface area contributed by atoms with Gasteiger partial charge in [-0.25, -0.2) is 0 Å². The third-order valence-corrected chi connectivity index (χ3v) is 3.66. The molecule has 1 saturated carbocycles. The minimum atomic E-state index is -0.123. The van der Waals surface area contributed by atoms with Gasteiger partial charge in [0, 0.05) is 6.04 Å². The van der Waals surface area contributed by atoms with Gasteiger partial charge in [-0.2, -0.15) is 5.10 Å². The first-order valence-corrected chi connectivity index (χ1v) is 6.17. The highest BCUT2D eigenvalue weighted by Crippen LogP contribution is 2.28. The summed E-state index contributed by atoms with van der Waals surface area (Å²) < 4.78 is 0. The molecule has 1 aromatic rings. The number of aromatic amines is 1. The van der Waals surface area contributed by atoms with Gasteiger partial charge in [-0.05, 0) is 31.1 Å². The maximum absolute atomic E-state index is 12.0. The average molecular weight is 236 g/mol. The molecule has 3 atom stereocenters. The molecule has 2 rings (SSSR count). The summed E-state index contributed by atoms with van der Waals surface area (Å²) in [4.78, 5) is 12.0. The normalized spacial score (nSPS) is 28.9. The largest absolute Gasteiger partial charge is 0.383 e. The van der Waals surface area contributed by atoms with E-state index >= 15 is 0 Å². The highest BCUT2D eigenvalue weighted by Gasteiger charge is 2.27. The van der Waals surface area contributed by atoms with E-state index < -0.39 is 0 Å². The highest BCUT2D eigenvalue weighted by atomic mass is 16.1. The molecule has 0 aromatic carbocycles. The molecule has 0 radical (unpaired) electrons. The van der Waals surface area contributed by atoms with E-state index in [1.54, 1.807) is 0 Å². The van der Waals surface area contributed by atoms with E-state index in [0.29, 0.717) is 17.3 Å². The van der Waals surface area contributed by atoms with E-state index in [1.807, 2.05) is 0 Å². The van der Waals surface area contributed by atoms with Crippen LogP contribution in [0.2, 0.25) is 0 Å². The van der Waals surface area contributed by atoms with Crippen molar-refractivity contribution in [2.75, 3.05) is 5.73 Å². The van der Waals surface area contributed by atoms with Gasteiger partial charge in [-0.1, -0.05) is 13.8 Å². The standard InChI is InChI=1S/C12H20N4O/c1-7-3-4-10(8(2)5-7)15-12(17)9-6-14-16-11(9)13/h6-8,10H,3-5H2,1-2H3,(H,15,17)(H3,13,14,16). The number of rotatable bonds is 2. The molecule has 0 saturated heterocycles. The summed E-state index contributed by atoms with van der Waals surface area (Å²) >= 11 is 0. The van der Waals surface area contributed by atoms with E-state index in [-0.39, 0.29) is 11.9 Å². The summed E-state index contributed by atoms with van der Waals surface area (Å²) in [5.74, 6) is 1.50. The molecule has 94 valence electrons. The van der Waals surface area contributed by atoms with Crippen molar-refractivity contribution in [3.05, 3.63) is 11.8 Å². The molecular formula is C12H20N4O. The van der Waals surface area contributed by atoms with Gasteiger partial charge in [0.15, 0.2) is 0 Å². The molecule has 0 aliphatic heterocycles. The van der Waals surface area contributed by atoms with Crippen LogP contribution in [-0.4, -0.2) is 22.1 Å². The molecule has 0 bridgehead atoms. The third kappa shape index (κ3) is 2.60. The Balaban J connectivity index is 1.97. The van der Waals surface area contributed by atoms with Crippen molar-refractivity contribution in [2.45, 2.75) is 39.2 Å². The summed E-state index contributed by atoms with van der Waals surface area (Å²) in [6.07, 6.45) is 4.87. The number of hydrogen-bond acceptors (Lipinski definition) is 3. The SMILES string of the molecule is CC1CCC(NC(=O)c2cn[nH]c2N)C(C)C1. The van der Waals surface area contributed by atoms with Gasteiger partial charge in [0.05, 0.1) is 6.20 Å². The number of carbonyl (C=O) groups excluding carboxylic acids is 1. The molecule has 5 nitrogen and oxygen atoms in total. The van der Waals surface area contributed by atoms with Crippen LogP contribution >= 0.6 is 0 Å². The van der Waals surface area contributed by atoms with E-state index in [0.717, 1.165) is 12.3 Å². The van der Waals surface area contributed by atoms with Crippen LogP contribution in [0.1, 0.15) is 43.5 Å². The van der Waals surface area contributed by atoms with Crippen LogP contribution < -0.4 is 11.1 Å². The Morgan fingerprint density at radius 2 is 2.29 bits per heavy atom. The van der Waals surface area contributed by atoms with Crippen molar-refractivity contribution in [2.24, 2.45) is 11.8 Å². The second kappa shape index (κ2) is 4.77. The molecule has 1 aliphatic rings. The fourth-order valence-corrected chi connectivity index (χ4v) is 2.60. The Morgan fingerprint density at radius 3 is 2.88 bits per heavy atom. The smallest absolute Gasteiger partial charge is 0.256 e. The Hall–Kier alpha value is -1.52. The first kappa shape index (κ1) is 12.0. The van der Waals surface area contributed by atoms with Gasteiger partial charge in [0.2, 0.25) is 0 Å². The van der Waals surface area contributed by atoms with Crippen LogP contribution in [0, 0.1) is 11.8 Å². The molecule has 3 unspecified atom stereocenters. The van der Waals surface area contributed by atoms with Crippen molar-refractivity contribution in [3.8, 4) is 0 Å². The van der Waals surface area contributed by atoms with Crippen LogP contribution in [0.15, 0.2) is 6.20 Å². The van der Waals surface area contributed by atoms with E-state index in [4.69, 9.17) is 5.73 Å². The molecule has 1 aliphatic carbocycles. The van der Waals surface area contributed by atoms with E-state index in [1.165, 1.54) is 19.0 Å². The number of nitrogens with zero attached hydrogens (tertiary/aromatic N) is 1. The zero-order chi connectivity index (χ0) is 12.4. The highest BCUT2D eigenvalue weighted by molar-refractivity contribution is 5.98. The second-order valence-corrected chi connectivity index (χ2v) is 5.17. The number of hydrogen-bond donors (Lipinski definition) is 3. The second-order valence-electron chi connectivity index (χ2n) is 5.17. The zero-order valence-electron chi connectivity index (χ0n) is 10.4. The Kier molecular flexibility index (Phi) is 3.36. The molecule has 1 aromatic heterocycles. The fraction of sp³-hybridized carbons (Fsp3) is 0.667. The number of amides is 1. The molecule has 5 heteroatoms. The monoisotopic (exact) mass is 236 g/mol. The van der Waals surface area contributed by atoms with Crippen LogP contribution in [0.5, 0.6) is 0 Å². The van der Waals surface area contributed by atoms with Crippen molar-refractivity contribution in [3.63, 3.8) is 0 Å². The molecule has 0 spiro atoms. The van der Waals surface area contributed by atoms with Crippen LogP contribution in [0.3, 0.4) is 0 Å². The van der Waals surface area contributed by atoms with Crippen molar-refractivity contribution in [1.82, 2.24) is 15.5 Å². The van der Waals surface area contributed by atoms with Gasteiger partial charge in [0.25, 0.3) is 5.91 Å². The van der Waals surface area contributed by atoms with Gasteiger partial charge < -0.3 is 11.1 Å². The molecule has 1 fully saturated rings. The van der Waals surface area contributed by atoms with E-state index in [9.17, 15) is 4.79 Å². The van der Waals surface area contributed by atoms with Crippen molar-refractivity contribution in [1.29, 1.82) is 0 Å². The third-order valence-electron chi connectivity index (χ3n) is 3.66. The fourth-order valence-electron chi connectivity index (χ4n) is 2.60. The van der Waals surface area contributed by atoms with E-state index in [2.05, 4.69) is 29.4 Å². The number of nitrogen functional groups attached to an aromatic ring is 1. The molecule has 1 heterocycles. The Bertz CT molecular complexity index is 401. The number of carbonyl (C=O) groups is 1.